The van der Waals surface area contributed by atoms with Crippen LogP contribution in [0.5, 0.6) is 0 Å². The largest absolute Gasteiger partial charge is 0.376 e. The number of hydrogen-bond acceptors (Lipinski definition) is 6. The van der Waals surface area contributed by atoms with E-state index in [9.17, 15) is 13.2 Å². The lowest BCUT2D eigenvalue weighted by molar-refractivity contribution is 0.0917. The summed E-state index contributed by atoms with van der Waals surface area (Å²) < 4.78 is 35.3. The molecule has 1 saturated heterocycles. The molecule has 2 heterocycles. The summed E-state index contributed by atoms with van der Waals surface area (Å²) in [7, 11) is -3.62. The van der Waals surface area contributed by atoms with Gasteiger partial charge < -0.3 is 4.74 Å². The minimum Gasteiger partial charge on any atom is -0.376 e. The number of amides is 1. The molecule has 1 amide bonds. The number of ether oxygens (including phenoxy) is 1. The topological polar surface area (TPSA) is 79.8 Å². The van der Waals surface area contributed by atoms with Crippen molar-refractivity contribution < 1.29 is 17.9 Å². The lowest BCUT2D eigenvalue weighted by atomic mass is 9.95. The van der Waals surface area contributed by atoms with E-state index in [4.69, 9.17) is 9.72 Å². The van der Waals surface area contributed by atoms with Gasteiger partial charge in [0.05, 0.1) is 27.8 Å². The average Bonchev–Trinajstić information content (AvgIpc) is 3.57. The number of fused-ring (bicyclic) bond motifs is 1. The first kappa shape index (κ1) is 25.3. The Morgan fingerprint density at radius 3 is 2.44 bits per heavy atom. The molecule has 1 aromatic heterocycles. The summed E-state index contributed by atoms with van der Waals surface area (Å²) in [4.78, 5) is 20.3. The van der Waals surface area contributed by atoms with E-state index in [1.807, 2.05) is 31.2 Å². The number of thiazole rings is 1. The van der Waals surface area contributed by atoms with E-state index in [0.29, 0.717) is 30.4 Å². The van der Waals surface area contributed by atoms with Gasteiger partial charge in [-0.05, 0) is 62.1 Å². The molecular formula is C27H33N3O4S2. The Kier molecular flexibility index (Phi) is 7.71. The highest BCUT2D eigenvalue weighted by molar-refractivity contribution is 7.89. The van der Waals surface area contributed by atoms with Gasteiger partial charge in [-0.25, -0.2) is 13.4 Å². The summed E-state index contributed by atoms with van der Waals surface area (Å²) in [6.45, 7) is 3.46. The van der Waals surface area contributed by atoms with Crippen LogP contribution < -0.4 is 4.90 Å². The number of rotatable bonds is 8. The molecule has 7 nitrogen and oxygen atoms in total. The van der Waals surface area contributed by atoms with E-state index in [2.05, 4.69) is 0 Å². The predicted octanol–water partition coefficient (Wildman–Crippen LogP) is 5.47. The van der Waals surface area contributed by atoms with Crippen LogP contribution in [0.4, 0.5) is 5.13 Å². The highest BCUT2D eigenvalue weighted by Crippen LogP contribution is 2.32. The van der Waals surface area contributed by atoms with Crippen molar-refractivity contribution in [2.45, 2.75) is 68.9 Å². The molecular weight excluding hydrogens is 494 g/mol. The number of carbonyl (C=O) groups excluding carboxylic acids is 1. The summed E-state index contributed by atoms with van der Waals surface area (Å²) >= 11 is 1.48. The average molecular weight is 528 g/mol. The normalized spacial score (nSPS) is 19.2. The molecule has 5 rings (SSSR count). The number of para-hydroxylation sites is 1. The molecule has 36 heavy (non-hydrogen) atoms. The van der Waals surface area contributed by atoms with Crippen molar-refractivity contribution in [2.24, 2.45) is 0 Å². The lowest BCUT2D eigenvalue weighted by Gasteiger charge is -2.32. The molecule has 2 fully saturated rings. The highest BCUT2D eigenvalue weighted by Gasteiger charge is 2.32. The first-order chi connectivity index (χ1) is 17.5. The maximum atomic E-state index is 13.7. The SMILES string of the molecule is CCN(C1CCCCC1)S(=O)(=O)c1ccc(C(=O)N(CC2CCCO2)c2nc3ccccc3s2)cc1. The van der Waals surface area contributed by atoms with E-state index < -0.39 is 10.0 Å². The Labute approximate surface area is 217 Å². The zero-order valence-corrected chi connectivity index (χ0v) is 22.3. The monoisotopic (exact) mass is 527 g/mol. The summed E-state index contributed by atoms with van der Waals surface area (Å²) in [5, 5.41) is 0.628. The van der Waals surface area contributed by atoms with Crippen molar-refractivity contribution in [1.29, 1.82) is 0 Å². The number of aromatic nitrogens is 1. The Morgan fingerprint density at radius 1 is 1.03 bits per heavy atom. The molecule has 3 aromatic rings. The molecule has 192 valence electrons. The van der Waals surface area contributed by atoms with Gasteiger partial charge in [0.1, 0.15) is 0 Å². The smallest absolute Gasteiger partial charge is 0.260 e. The van der Waals surface area contributed by atoms with Gasteiger partial charge in [0, 0.05) is 24.8 Å². The molecule has 1 aliphatic heterocycles. The molecule has 9 heteroatoms. The number of carbonyl (C=O) groups is 1. The second-order valence-electron chi connectivity index (χ2n) is 9.54. The second kappa shape index (κ2) is 11.0. The molecule has 0 N–H and O–H groups in total. The first-order valence-electron chi connectivity index (χ1n) is 12.9. The molecule has 0 radical (unpaired) electrons. The molecule has 1 atom stereocenters. The van der Waals surface area contributed by atoms with Crippen LogP contribution in [0.3, 0.4) is 0 Å². The number of hydrogen-bond donors (Lipinski definition) is 0. The van der Waals surface area contributed by atoms with Gasteiger partial charge in [0.25, 0.3) is 5.91 Å². The summed E-state index contributed by atoms with van der Waals surface area (Å²) in [5.74, 6) is -0.201. The standard InChI is InChI=1S/C27H33N3O4S2/c1-2-30(21-9-4-3-5-10-21)36(32,33)23-16-14-20(15-17-23)26(31)29(19-22-11-8-18-34-22)27-28-24-12-6-7-13-25(24)35-27/h6-7,12-17,21-22H,2-5,8-11,18-19H2,1H3. The molecule has 1 unspecified atom stereocenters. The molecule has 0 bridgehead atoms. The van der Waals surface area contributed by atoms with E-state index in [0.717, 1.165) is 48.7 Å². The van der Waals surface area contributed by atoms with Gasteiger partial charge in [0.2, 0.25) is 10.0 Å². The Balaban J connectivity index is 1.41. The molecule has 2 aromatic carbocycles. The Hall–Kier alpha value is -2.33. The predicted molar refractivity (Wildman–Crippen MR) is 143 cm³/mol. The van der Waals surface area contributed by atoms with Gasteiger partial charge in [-0.3, -0.25) is 9.69 Å². The van der Waals surface area contributed by atoms with Gasteiger partial charge in [-0.2, -0.15) is 4.31 Å². The van der Waals surface area contributed by atoms with Gasteiger partial charge in [-0.1, -0.05) is 49.7 Å². The minimum atomic E-state index is -3.62. The summed E-state index contributed by atoms with van der Waals surface area (Å²) in [6, 6.07) is 14.3. The zero-order chi connectivity index (χ0) is 25.1. The maximum absolute atomic E-state index is 13.7. The van der Waals surface area contributed by atoms with Crippen molar-refractivity contribution in [1.82, 2.24) is 9.29 Å². The van der Waals surface area contributed by atoms with Crippen LogP contribution in [0.1, 0.15) is 62.2 Å². The van der Waals surface area contributed by atoms with E-state index in [1.54, 1.807) is 33.5 Å². The quantitative estimate of drug-likeness (QED) is 0.388. The van der Waals surface area contributed by atoms with E-state index in [1.165, 1.54) is 17.8 Å². The maximum Gasteiger partial charge on any atom is 0.260 e. The van der Waals surface area contributed by atoms with Crippen LogP contribution in [-0.2, 0) is 14.8 Å². The third-order valence-corrected chi connectivity index (χ3v) is 10.3. The molecule has 1 aliphatic carbocycles. The molecule has 2 aliphatic rings. The number of benzene rings is 2. The van der Waals surface area contributed by atoms with Crippen LogP contribution in [0.25, 0.3) is 10.2 Å². The van der Waals surface area contributed by atoms with Crippen LogP contribution in [0.2, 0.25) is 0 Å². The fourth-order valence-corrected chi connectivity index (χ4v) is 7.94. The summed E-state index contributed by atoms with van der Waals surface area (Å²) in [5.41, 5.74) is 1.29. The minimum absolute atomic E-state index is 0.0331. The number of anilines is 1. The van der Waals surface area contributed by atoms with Crippen LogP contribution >= 0.6 is 11.3 Å². The van der Waals surface area contributed by atoms with Crippen LogP contribution in [-0.4, -0.2) is 55.5 Å². The molecule has 1 saturated carbocycles. The van der Waals surface area contributed by atoms with Crippen molar-refractivity contribution in [3.05, 3.63) is 54.1 Å². The van der Waals surface area contributed by atoms with Gasteiger partial charge in [0.15, 0.2) is 5.13 Å². The van der Waals surface area contributed by atoms with Gasteiger partial charge in [-0.15, -0.1) is 0 Å². The number of sulfonamides is 1. The third kappa shape index (κ3) is 5.20. The first-order valence-corrected chi connectivity index (χ1v) is 15.1. The van der Waals surface area contributed by atoms with E-state index in [-0.39, 0.29) is 22.9 Å². The second-order valence-corrected chi connectivity index (χ2v) is 12.4. The van der Waals surface area contributed by atoms with E-state index >= 15 is 0 Å². The lowest BCUT2D eigenvalue weighted by Crippen LogP contribution is -2.41. The number of nitrogens with zero attached hydrogens (tertiary/aromatic N) is 3. The fourth-order valence-electron chi connectivity index (χ4n) is 5.27. The third-order valence-electron chi connectivity index (χ3n) is 7.17. The van der Waals surface area contributed by atoms with Gasteiger partial charge >= 0.3 is 0 Å². The zero-order valence-electron chi connectivity index (χ0n) is 20.6. The van der Waals surface area contributed by atoms with Crippen LogP contribution in [0.15, 0.2) is 53.4 Å². The summed E-state index contributed by atoms with van der Waals surface area (Å²) in [6.07, 6.45) is 6.96. The Bertz CT molecular complexity index is 1260. The molecule has 0 spiro atoms. The van der Waals surface area contributed by atoms with Crippen molar-refractivity contribution in [2.75, 3.05) is 24.6 Å². The highest BCUT2D eigenvalue weighted by atomic mass is 32.2. The van der Waals surface area contributed by atoms with Crippen molar-refractivity contribution >= 4 is 42.6 Å². The van der Waals surface area contributed by atoms with Crippen LogP contribution in [0, 0.1) is 0 Å². The van der Waals surface area contributed by atoms with Crippen molar-refractivity contribution in [3.63, 3.8) is 0 Å². The van der Waals surface area contributed by atoms with Crippen molar-refractivity contribution in [3.8, 4) is 0 Å². The fraction of sp³-hybridized carbons (Fsp3) is 0.481. The Morgan fingerprint density at radius 2 is 1.78 bits per heavy atom.